The van der Waals surface area contributed by atoms with Crippen LogP contribution in [0, 0.1) is 11.3 Å². The number of imidazole rings is 1. The number of fused-ring (bicyclic) bond motifs is 1. The van der Waals surface area contributed by atoms with E-state index < -0.39 is 0 Å². The Bertz CT molecular complexity index is 782. The van der Waals surface area contributed by atoms with Crippen LogP contribution in [-0.2, 0) is 13.5 Å². The quantitative estimate of drug-likeness (QED) is 0.697. The fraction of sp³-hybridized carbons (Fsp3) is 0.143. The highest BCUT2D eigenvalue weighted by atomic mass is 15.0. The van der Waals surface area contributed by atoms with Crippen LogP contribution in [-0.4, -0.2) is 19.5 Å². The van der Waals surface area contributed by atoms with Gasteiger partial charge in [0.15, 0.2) is 0 Å². The molecule has 2 heterocycles. The van der Waals surface area contributed by atoms with Crippen LogP contribution in [0.2, 0.25) is 0 Å². The third kappa shape index (κ3) is 2.04. The maximum Gasteiger partial charge on any atom is 0.142 e. The Morgan fingerprint density at radius 1 is 1.26 bits per heavy atom. The minimum absolute atomic E-state index is 0.222. The fourth-order valence-corrected chi connectivity index (χ4v) is 2.01. The monoisotopic (exact) mass is 249 g/mol. The molecule has 19 heavy (non-hydrogen) atoms. The van der Waals surface area contributed by atoms with Crippen LogP contribution < -0.4 is 0 Å². The fourth-order valence-electron chi connectivity index (χ4n) is 2.01. The second-order valence-electron chi connectivity index (χ2n) is 4.25. The predicted octanol–water partition coefficient (Wildman–Crippen LogP) is 2.10. The highest BCUT2D eigenvalue weighted by molar-refractivity contribution is 5.81. The van der Waals surface area contributed by atoms with Crippen molar-refractivity contribution in [2.75, 3.05) is 0 Å². The summed E-state index contributed by atoms with van der Waals surface area (Å²) in [6.45, 7) is 0. The van der Waals surface area contributed by atoms with E-state index in [1.807, 2.05) is 35.9 Å². The normalized spacial score (nSPS) is 10.5. The van der Waals surface area contributed by atoms with Crippen molar-refractivity contribution in [2.24, 2.45) is 7.05 Å². The van der Waals surface area contributed by atoms with E-state index in [-0.39, 0.29) is 6.42 Å². The lowest BCUT2D eigenvalue weighted by atomic mass is 10.1. The Balaban J connectivity index is 2.08. The Labute approximate surface area is 110 Å². The predicted molar refractivity (Wildman–Crippen MR) is 71.1 cm³/mol. The van der Waals surface area contributed by atoms with Gasteiger partial charge < -0.3 is 4.57 Å². The number of aryl methyl sites for hydroxylation is 1. The zero-order chi connectivity index (χ0) is 13.2. The summed E-state index contributed by atoms with van der Waals surface area (Å²) in [4.78, 5) is 12.8. The molecule has 0 bridgehead atoms. The first-order chi connectivity index (χ1) is 9.28. The smallest absolute Gasteiger partial charge is 0.142 e. The molecule has 5 heteroatoms. The molecule has 3 rings (SSSR count). The molecule has 92 valence electrons. The molecule has 0 atom stereocenters. The van der Waals surface area contributed by atoms with Crippen LogP contribution >= 0.6 is 0 Å². The van der Waals surface area contributed by atoms with Crippen LogP contribution in [0.25, 0.3) is 22.3 Å². The van der Waals surface area contributed by atoms with E-state index in [0.29, 0.717) is 5.82 Å². The number of benzene rings is 1. The molecule has 0 amide bonds. The summed E-state index contributed by atoms with van der Waals surface area (Å²) in [5, 5.41) is 8.68. The van der Waals surface area contributed by atoms with Gasteiger partial charge in [-0.05, 0) is 18.2 Å². The summed E-state index contributed by atoms with van der Waals surface area (Å²) in [5.41, 5.74) is 3.80. The van der Waals surface area contributed by atoms with Gasteiger partial charge in [-0.1, -0.05) is 6.07 Å². The standard InChI is InChI=1S/C14H11N5/c1-19-9-17-12-8-10(2-3-13(12)19)11-5-7-16-14(18-11)4-6-15/h2-3,5,7-9H,4H2,1H3. The van der Waals surface area contributed by atoms with Crippen molar-refractivity contribution in [2.45, 2.75) is 6.42 Å². The first kappa shape index (κ1) is 11.4. The summed E-state index contributed by atoms with van der Waals surface area (Å²) in [6.07, 6.45) is 3.69. The van der Waals surface area contributed by atoms with E-state index in [9.17, 15) is 0 Å². The SMILES string of the molecule is Cn1cnc2cc(-c3ccnc(CC#N)n3)ccc21. The van der Waals surface area contributed by atoms with Crippen LogP contribution in [0.1, 0.15) is 5.82 Å². The Hall–Kier alpha value is -2.74. The van der Waals surface area contributed by atoms with E-state index in [0.717, 1.165) is 22.3 Å². The number of hydrogen-bond donors (Lipinski definition) is 0. The molecule has 5 nitrogen and oxygen atoms in total. The summed E-state index contributed by atoms with van der Waals surface area (Å²) >= 11 is 0. The van der Waals surface area contributed by atoms with E-state index in [4.69, 9.17) is 5.26 Å². The summed E-state index contributed by atoms with van der Waals surface area (Å²) in [6, 6.07) is 9.91. The topological polar surface area (TPSA) is 67.4 Å². The molecule has 2 aromatic heterocycles. The van der Waals surface area contributed by atoms with E-state index in [2.05, 4.69) is 21.0 Å². The van der Waals surface area contributed by atoms with Gasteiger partial charge in [-0.2, -0.15) is 5.26 Å². The Morgan fingerprint density at radius 2 is 2.16 bits per heavy atom. The minimum Gasteiger partial charge on any atom is -0.334 e. The van der Waals surface area contributed by atoms with Crippen molar-refractivity contribution < 1.29 is 0 Å². The van der Waals surface area contributed by atoms with Gasteiger partial charge in [0.05, 0.1) is 35.5 Å². The molecule has 0 saturated heterocycles. The van der Waals surface area contributed by atoms with Gasteiger partial charge >= 0.3 is 0 Å². The van der Waals surface area contributed by atoms with Crippen molar-refractivity contribution >= 4 is 11.0 Å². The molecule has 1 aromatic carbocycles. The number of aromatic nitrogens is 4. The van der Waals surface area contributed by atoms with Gasteiger partial charge in [0, 0.05) is 18.8 Å². The van der Waals surface area contributed by atoms with Gasteiger partial charge in [-0.3, -0.25) is 0 Å². The lowest BCUT2D eigenvalue weighted by molar-refractivity contribution is 0.947. The molecule has 0 spiro atoms. The van der Waals surface area contributed by atoms with Crippen molar-refractivity contribution in [1.82, 2.24) is 19.5 Å². The number of hydrogen-bond acceptors (Lipinski definition) is 4. The van der Waals surface area contributed by atoms with Crippen LogP contribution in [0.5, 0.6) is 0 Å². The molecule has 3 aromatic rings. The molecule has 0 radical (unpaired) electrons. The number of nitriles is 1. The van der Waals surface area contributed by atoms with Gasteiger partial charge in [-0.15, -0.1) is 0 Å². The van der Waals surface area contributed by atoms with Gasteiger partial charge in [-0.25, -0.2) is 15.0 Å². The van der Waals surface area contributed by atoms with Crippen molar-refractivity contribution in [3.8, 4) is 17.3 Å². The van der Waals surface area contributed by atoms with E-state index >= 15 is 0 Å². The number of nitrogens with zero attached hydrogens (tertiary/aromatic N) is 5. The minimum atomic E-state index is 0.222. The largest absolute Gasteiger partial charge is 0.334 e. The average Bonchev–Trinajstić information content (AvgIpc) is 2.81. The first-order valence-electron chi connectivity index (χ1n) is 5.88. The van der Waals surface area contributed by atoms with Crippen molar-refractivity contribution in [3.63, 3.8) is 0 Å². The second-order valence-corrected chi connectivity index (χ2v) is 4.25. The number of rotatable bonds is 2. The maximum atomic E-state index is 8.68. The maximum absolute atomic E-state index is 8.68. The molecule has 0 aliphatic heterocycles. The molecule has 0 N–H and O–H groups in total. The van der Waals surface area contributed by atoms with E-state index in [1.165, 1.54) is 0 Å². The average molecular weight is 249 g/mol. The molecule has 0 aliphatic rings. The highest BCUT2D eigenvalue weighted by Crippen LogP contribution is 2.21. The molecular weight excluding hydrogens is 238 g/mol. The molecule has 0 unspecified atom stereocenters. The molecule has 0 saturated carbocycles. The third-order valence-corrected chi connectivity index (χ3v) is 2.96. The van der Waals surface area contributed by atoms with Gasteiger partial charge in [0.1, 0.15) is 5.82 Å². The van der Waals surface area contributed by atoms with Crippen LogP contribution in [0.15, 0.2) is 36.8 Å². The zero-order valence-electron chi connectivity index (χ0n) is 10.4. The zero-order valence-corrected chi connectivity index (χ0v) is 10.4. The Kier molecular flexibility index (Phi) is 2.69. The Morgan fingerprint density at radius 3 is 3.00 bits per heavy atom. The summed E-state index contributed by atoms with van der Waals surface area (Å²) < 4.78 is 1.97. The van der Waals surface area contributed by atoms with Crippen molar-refractivity contribution in [1.29, 1.82) is 5.26 Å². The second kappa shape index (κ2) is 4.50. The lowest BCUT2D eigenvalue weighted by Gasteiger charge is -2.02. The van der Waals surface area contributed by atoms with E-state index in [1.54, 1.807) is 12.5 Å². The third-order valence-electron chi connectivity index (χ3n) is 2.96. The van der Waals surface area contributed by atoms with Gasteiger partial charge in [0.2, 0.25) is 0 Å². The molecular formula is C14H11N5. The van der Waals surface area contributed by atoms with Gasteiger partial charge in [0.25, 0.3) is 0 Å². The lowest BCUT2D eigenvalue weighted by Crippen LogP contribution is -1.94. The first-order valence-corrected chi connectivity index (χ1v) is 5.88. The molecule has 0 aliphatic carbocycles. The highest BCUT2D eigenvalue weighted by Gasteiger charge is 2.05. The van der Waals surface area contributed by atoms with Crippen LogP contribution in [0.3, 0.4) is 0 Å². The van der Waals surface area contributed by atoms with Crippen LogP contribution in [0.4, 0.5) is 0 Å². The molecule has 0 fully saturated rings. The summed E-state index contributed by atoms with van der Waals surface area (Å²) in [5.74, 6) is 0.543. The van der Waals surface area contributed by atoms with Crippen molar-refractivity contribution in [3.05, 3.63) is 42.6 Å². The summed E-state index contributed by atoms with van der Waals surface area (Å²) in [7, 11) is 1.96.